The molecule has 1 aromatic heterocycles. The Morgan fingerprint density at radius 3 is 2.69 bits per heavy atom. The summed E-state index contributed by atoms with van der Waals surface area (Å²) in [6.45, 7) is 4.27. The van der Waals surface area contributed by atoms with Gasteiger partial charge < -0.3 is 24.3 Å². The predicted molar refractivity (Wildman–Crippen MR) is 119 cm³/mol. The molecular formula is C24H25N3O5. The maximum absolute atomic E-state index is 12.5. The van der Waals surface area contributed by atoms with Crippen LogP contribution in [0.2, 0.25) is 0 Å². The van der Waals surface area contributed by atoms with E-state index in [9.17, 15) is 15.2 Å². The molecule has 166 valence electrons. The standard InChI is InChI=1S/C24H25N3O5/c1-15(2)10-11-31-21-9-8-16(12-22(21)30-3)24(29)32-14-20(28)17(13-25)23-26-18-6-4-5-7-19(18)27-23/h4-9,12,15,28H,10-11,14H2,1-3H3,(H,26,27). The van der Waals surface area contributed by atoms with Crippen molar-refractivity contribution in [3.8, 4) is 17.6 Å². The van der Waals surface area contributed by atoms with Crippen molar-refractivity contribution >= 4 is 22.6 Å². The van der Waals surface area contributed by atoms with Gasteiger partial charge in [0.05, 0.1) is 30.3 Å². The molecule has 0 aliphatic heterocycles. The number of carbonyl (C=O) groups is 1. The van der Waals surface area contributed by atoms with E-state index in [0.717, 1.165) is 11.9 Å². The minimum atomic E-state index is -0.675. The number of hydrogen-bond acceptors (Lipinski definition) is 7. The smallest absolute Gasteiger partial charge is 0.338 e. The second-order valence-electron chi connectivity index (χ2n) is 7.51. The number of fused-ring (bicyclic) bond motifs is 1. The Balaban J connectivity index is 1.70. The number of methoxy groups -OCH3 is 1. The number of aromatic nitrogens is 2. The third-order valence-corrected chi connectivity index (χ3v) is 4.72. The summed E-state index contributed by atoms with van der Waals surface area (Å²) in [6, 6.07) is 13.9. The number of aliphatic hydroxyl groups is 1. The molecule has 0 atom stereocenters. The van der Waals surface area contributed by atoms with Gasteiger partial charge in [-0.25, -0.2) is 9.78 Å². The van der Waals surface area contributed by atoms with Crippen molar-refractivity contribution in [1.29, 1.82) is 5.26 Å². The number of allylic oxidation sites excluding steroid dienone is 1. The molecule has 1 heterocycles. The van der Waals surface area contributed by atoms with Crippen molar-refractivity contribution in [1.82, 2.24) is 9.97 Å². The van der Waals surface area contributed by atoms with Crippen LogP contribution in [0.25, 0.3) is 16.6 Å². The molecule has 2 aromatic carbocycles. The average molecular weight is 435 g/mol. The molecule has 0 saturated carbocycles. The van der Waals surface area contributed by atoms with E-state index in [4.69, 9.17) is 14.2 Å². The number of imidazole rings is 1. The number of nitriles is 1. The van der Waals surface area contributed by atoms with Gasteiger partial charge in [0.25, 0.3) is 0 Å². The zero-order valence-electron chi connectivity index (χ0n) is 18.2. The number of H-pyrrole nitrogens is 1. The fourth-order valence-corrected chi connectivity index (χ4v) is 2.93. The Labute approximate surface area is 186 Å². The van der Waals surface area contributed by atoms with Crippen LogP contribution in [0.15, 0.2) is 48.2 Å². The molecule has 3 aromatic rings. The van der Waals surface area contributed by atoms with Crippen LogP contribution in [0.1, 0.15) is 36.5 Å². The van der Waals surface area contributed by atoms with E-state index in [2.05, 4.69) is 23.8 Å². The van der Waals surface area contributed by atoms with Crippen molar-refractivity contribution in [2.45, 2.75) is 20.3 Å². The second-order valence-corrected chi connectivity index (χ2v) is 7.51. The maximum Gasteiger partial charge on any atom is 0.338 e. The summed E-state index contributed by atoms with van der Waals surface area (Å²) in [5.74, 6) is 0.568. The van der Waals surface area contributed by atoms with E-state index in [0.29, 0.717) is 29.5 Å². The molecular weight excluding hydrogens is 410 g/mol. The number of para-hydroxylation sites is 2. The van der Waals surface area contributed by atoms with Gasteiger partial charge >= 0.3 is 5.97 Å². The van der Waals surface area contributed by atoms with Gasteiger partial charge in [0.1, 0.15) is 18.2 Å². The summed E-state index contributed by atoms with van der Waals surface area (Å²) in [5, 5.41) is 19.8. The quantitative estimate of drug-likeness (QED) is 0.285. The zero-order chi connectivity index (χ0) is 23.1. The summed E-state index contributed by atoms with van der Waals surface area (Å²) >= 11 is 0. The normalized spacial score (nSPS) is 11.7. The first-order valence-corrected chi connectivity index (χ1v) is 10.2. The van der Waals surface area contributed by atoms with Crippen molar-refractivity contribution in [3.63, 3.8) is 0 Å². The monoisotopic (exact) mass is 435 g/mol. The number of carbonyl (C=O) groups excluding carboxylic acids is 1. The van der Waals surface area contributed by atoms with Gasteiger partial charge in [-0.05, 0) is 42.7 Å². The largest absolute Gasteiger partial charge is 0.507 e. The third-order valence-electron chi connectivity index (χ3n) is 4.72. The van der Waals surface area contributed by atoms with E-state index < -0.39 is 18.3 Å². The second kappa shape index (κ2) is 10.4. The lowest BCUT2D eigenvalue weighted by atomic mass is 10.1. The first-order valence-electron chi connectivity index (χ1n) is 10.2. The average Bonchev–Trinajstić information content (AvgIpc) is 3.21. The van der Waals surface area contributed by atoms with E-state index in [1.165, 1.54) is 13.2 Å². The molecule has 0 unspecified atom stereocenters. The highest BCUT2D eigenvalue weighted by Crippen LogP contribution is 2.29. The lowest BCUT2D eigenvalue weighted by Gasteiger charge is -2.13. The van der Waals surface area contributed by atoms with Crippen LogP contribution in [0.5, 0.6) is 11.5 Å². The highest BCUT2D eigenvalue weighted by atomic mass is 16.5. The van der Waals surface area contributed by atoms with Crippen LogP contribution >= 0.6 is 0 Å². The summed E-state index contributed by atoms with van der Waals surface area (Å²) in [4.78, 5) is 19.7. The Kier molecular flexibility index (Phi) is 7.34. The number of benzene rings is 2. The molecule has 0 saturated heterocycles. The molecule has 0 amide bonds. The van der Waals surface area contributed by atoms with Crippen molar-refractivity contribution in [3.05, 3.63) is 59.6 Å². The first-order chi connectivity index (χ1) is 15.4. The molecule has 32 heavy (non-hydrogen) atoms. The van der Waals surface area contributed by atoms with Gasteiger partial charge in [0.2, 0.25) is 0 Å². The maximum atomic E-state index is 12.5. The van der Waals surface area contributed by atoms with E-state index in [1.54, 1.807) is 18.2 Å². The lowest BCUT2D eigenvalue weighted by molar-refractivity contribution is 0.0502. The molecule has 0 bridgehead atoms. The number of esters is 1. The van der Waals surface area contributed by atoms with Crippen molar-refractivity contribution in [2.75, 3.05) is 20.3 Å². The summed E-state index contributed by atoms with van der Waals surface area (Å²) in [6.07, 6.45) is 0.894. The Morgan fingerprint density at radius 1 is 1.22 bits per heavy atom. The Bertz CT molecular complexity index is 1140. The number of ether oxygens (including phenoxy) is 3. The minimum absolute atomic E-state index is 0.0968. The van der Waals surface area contributed by atoms with Crippen LogP contribution in [-0.2, 0) is 4.74 Å². The first kappa shape index (κ1) is 22.7. The molecule has 0 fully saturated rings. The summed E-state index contributed by atoms with van der Waals surface area (Å²) in [7, 11) is 1.49. The van der Waals surface area contributed by atoms with Gasteiger partial charge in [-0.1, -0.05) is 26.0 Å². The SMILES string of the molecule is COc1cc(C(=O)OCC(O)=C(C#N)c2nc3ccccc3[nH]2)ccc1OCCC(C)C. The van der Waals surface area contributed by atoms with E-state index >= 15 is 0 Å². The molecule has 0 radical (unpaired) electrons. The van der Waals surface area contributed by atoms with Crippen LogP contribution in [-0.4, -0.2) is 41.4 Å². The van der Waals surface area contributed by atoms with Crippen LogP contribution in [0.3, 0.4) is 0 Å². The highest BCUT2D eigenvalue weighted by molar-refractivity contribution is 5.90. The van der Waals surface area contributed by atoms with Gasteiger partial charge in [-0.2, -0.15) is 5.26 Å². The topological polar surface area (TPSA) is 117 Å². The molecule has 3 rings (SSSR count). The Hall–Kier alpha value is -3.99. The predicted octanol–water partition coefficient (Wildman–Crippen LogP) is 4.65. The number of nitrogens with one attached hydrogen (secondary N) is 1. The summed E-state index contributed by atoms with van der Waals surface area (Å²) in [5.41, 5.74) is 1.51. The molecule has 0 spiro atoms. The van der Waals surface area contributed by atoms with Crippen LogP contribution < -0.4 is 9.47 Å². The van der Waals surface area contributed by atoms with E-state index in [-0.39, 0.29) is 17.0 Å². The number of aromatic amines is 1. The molecule has 8 nitrogen and oxygen atoms in total. The highest BCUT2D eigenvalue weighted by Gasteiger charge is 2.17. The molecule has 8 heteroatoms. The van der Waals surface area contributed by atoms with E-state index in [1.807, 2.05) is 24.3 Å². The van der Waals surface area contributed by atoms with Gasteiger partial charge in [-0.15, -0.1) is 0 Å². The fourth-order valence-electron chi connectivity index (χ4n) is 2.93. The van der Waals surface area contributed by atoms with Crippen molar-refractivity contribution < 1.29 is 24.1 Å². The van der Waals surface area contributed by atoms with Crippen molar-refractivity contribution in [2.24, 2.45) is 5.92 Å². The van der Waals surface area contributed by atoms with Gasteiger partial charge in [-0.3, -0.25) is 0 Å². The minimum Gasteiger partial charge on any atom is -0.507 e. The van der Waals surface area contributed by atoms with Crippen LogP contribution in [0, 0.1) is 17.2 Å². The summed E-state index contributed by atoms with van der Waals surface area (Å²) < 4.78 is 16.2. The fraction of sp³-hybridized carbons (Fsp3) is 0.292. The third kappa shape index (κ3) is 5.38. The number of hydrogen-bond donors (Lipinski definition) is 2. The Morgan fingerprint density at radius 2 is 2.00 bits per heavy atom. The lowest BCUT2D eigenvalue weighted by Crippen LogP contribution is -2.10. The molecule has 0 aliphatic rings. The van der Waals surface area contributed by atoms with Crippen LogP contribution in [0.4, 0.5) is 0 Å². The number of nitrogens with zero attached hydrogens (tertiary/aromatic N) is 2. The number of rotatable bonds is 9. The van der Waals surface area contributed by atoms with Gasteiger partial charge in [0.15, 0.2) is 23.1 Å². The molecule has 2 N–H and O–H groups in total. The van der Waals surface area contributed by atoms with Gasteiger partial charge in [0, 0.05) is 0 Å². The number of aliphatic hydroxyl groups excluding tert-OH is 1. The molecule has 0 aliphatic carbocycles. The zero-order valence-corrected chi connectivity index (χ0v) is 18.2.